The van der Waals surface area contributed by atoms with Crippen LogP contribution in [0.3, 0.4) is 0 Å². The van der Waals surface area contributed by atoms with Crippen molar-refractivity contribution in [3.8, 4) is 12.3 Å². The van der Waals surface area contributed by atoms with E-state index in [1.807, 2.05) is 0 Å². The molecular weight excluding hydrogens is 382 g/mol. The number of oxime groups is 1. The van der Waals surface area contributed by atoms with E-state index < -0.39 is 34.9 Å². The van der Waals surface area contributed by atoms with Crippen LogP contribution in [0.2, 0.25) is 0 Å². The average Bonchev–Trinajstić information content (AvgIpc) is 3.04. The summed E-state index contributed by atoms with van der Waals surface area (Å²) in [5.74, 6) is -0.259. The van der Waals surface area contributed by atoms with E-state index in [0.717, 1.165) is 16.2 Å². The molecule has 1 fully saturated rings. The molecule has 2 aliphatic heterocycles. The second-order valence-corrected chi connectivity index (χ2v) is 7.15. The summed E-state index contributed by atoms with van der Waals surface area (Å²) in [5, 5.41) is 24.7. The molecule has 0 aliphatic carbocycles. The van der Waals surface area contributed by atoms with Gasteiger partial charge in [-0.25, -0.2) is 9.78 Å². The summed E-state index contributed by atoms with van der Waals surface area (Å²) in [6.45, 7) is 0. The molecule has 10 nitrogen and oxygen atoms in total. The van der Waals surface area contributed by atoms with Crippen LogP contribution in [0, 0.1) is 12.3 Å². The van der Waals surface area contributed by atoms with Crippen LogP contribution in [0.5, 0.6) is 0 Å². The molecule has 0 unspecified atom stereocenters. The smallest absolute Gasteiger partial charge is 0.353 e. The Kier molecular flexibility index (Phi) is 4.58. The van der Waals surface area contributed by atoms with E-state index in [0.29, 0.717) is 0 Å². The zero-order valence-electron chi connectivity index (χ0n) is 12.9. The number of hydrogen-bond donors (Lipinski definition) is 4. The Balaban J connectivity index is 1.78. The van der Waals surface area contributed by atoms with E-state index in [9.17, 15) is 19.5 Å². The molecule has 26 heavy (non-hydrogen) atoms. The monoisotopic (exact) mass is 393 g/mol. The van der Waals surface area contributed by atoms with Crippen molar-refractivity contribution >= 4 is 51.7 Å². The van der Waals surface area contributed by atoms with Gasteiger partial charge in [0.15, 0.2) is 10.8 Å². The number of carboxylic acid groups (broad SMARTS) is 1. The van der Waals surface area contributed by atoms with Crippen molar-refractivity contribution in [1.82, 2.24) is 15.2 Å². The Hall–Kier alpha value is -3.04. The predicted molar refractivity (Wildman–Crippen MR) is 93.4 cm³/mol. The fraction of sp³-hybridized carbons (Fsp3) is 0.214. The SMILES string of the molecule is C#CC1=C(C(=O)O)N2C(=O)[C@@H](NC(=O)/C(=N/O)c3csc(N)n3)[C@H]2SC1. The third-order valence-electron chi connectivity index (χ3n) is 3.71. The average molecular weight is 393 g/mol. The minimum absolute atomic E-state index is 0.0631. The lowest BCUT2D eigenvalue weighted by atomic mass is 10.0. The zero-order valence-corrected chi connectivity index (χ0v) is 14.5. The number of thiazole rings is 1. The second-order valence-electron chi connectivity index (χ2n) is 5.16. The molecule has 5 N–H and O–H groups in total. The van der Waals surface area contributed by atoms with Gasteiger partial charge in [0, 0.05) is 16.7 Å². The standard InChI is InChI=1S/C14H11N5O5S2/c1-2-5-3-25-12-8(11(21)19(12)9(5)13(22)23)17-10(20)7(18-24)6-4-26-14(15)16-6/h1,4,8,12,24H,3H2,(H2,15,16)(H,17,20)(H,22,23)/b18-7+/t8-,12-/m1/s1. The number of aromatic nitrogens is 1. The van der Waals surface area contributed by atoms with E-state index in [4.69, 9.17) is 17.4 Å². The number of nitrogens with zero attached hydrogens (tertiary/aromatic N) is 3. The molecule has 3 rings (SSSR count). The molecule has 134 valence electrons. The molecule has 0 radical (unpaired) electrons. The van der Waals surface area contributed by atoms with Gasteiger partial charge < -0.3 is 21.4 Å². The number of nitrogens with one attached hydrogen (secondary N) is 1. The Morgan fingerprint density at radius 2 is 2.27 bits per heavy atom. The van der Waals surface area contributed by atoms with Gasteiger partial charge in [-0.3, -0.25) is 14.5 Å². The largest absolute Gasteiger partial charge is 0.477 e. The van der Waals surface area contributed by atoms with E-state index in [-0.39, 0.29) is 27.8 Å². The zero-order chi connectivity index (χ0) is 19.0. The fourth-order valence-electron chi connectivity index (χ4n) is 2.55. The Labute approximate surface area is 154 Å². The molecule has 1 aromatic rings. The lowest BCUT2D eigenvalue weighted by molar-refractivity contribution is -0.150. The number of anilines is 1. The quantitative estimate of drug-likeness (QED) is 0.171. The Morgan fingerprint density at radius 3 is 2.81 bits per heavy atom. The Morgan fingerprint density at radius 1 is 1.54 bits per heavy atom. The van der Waals surface area contributed by atoms with Gasteiger partial charge in [0.2, 0.25) is 0 Å². The van der Waals surface area contributed by atoms with Crippen molar-refractivity contribution in [2.45, 2.75) is 11.4 Å². The maximum atomic E-state index is 12.4. The van der Waals surface area contributed by atoms with Crippen LogP contribution in [-0.4, -0.2) is 60.9 Å². The number of rotatable bonds is 4. The number of terminal acetylenes is 1. The number of carboxylic acids is 1. The van der Waals surface area contributed by atoms with Crippen LogP contribution in [-0.2, 0) is 14.4 Å². The summed E-state index contributed by atoms with van der Waals surface area (Å²) in [4.78, 5) is 41.0. The van der Waals surface area contributed by atoms with Crippen LogP contribution in [0.15, 0.2) is 21.8 Å². The summed E-state index contributed by atoms with van der Waals surface area (Å²) < 4.78 is 0. The molecule has 0 bridgehead atoms. The lowest BCUT2D eigenvalue weighted by Gasteiger charge is -2.48. The molecule has 0 saturated carbocycles. The molecule has 2 aliphatic rings. The highest BCUT2D eigenvalue weighted by Crippen LogP contribution is 2.40. The van der Waals surface area contributed by atoms with Crippen LogP contribution >= 0.6 is 23.1 Å². The molecule has 12 heteroatoms. The van der Waals surface area contributed by atoms with E-state index in [2.05, 4.69) is 21.4 Å². The molecular formula is C14H11N5O5S2. The third kappa shape index (κ3) is 2.76. The molecule has 1 aromatic heterocycles. The molecule has 3 heterocycles. The first-order valence-corrected chi connectivity index (χ1v) is 8.94. The maximum absolute atomic E-state index is 12.4. The third-order valence-corrected chi connectivity index (χ3v) is 5.67. The summed E-state index contributed by atoms with van der Waals surface area (Å²) in [6.07, 6.45) is 5.30. The lowest BCUT2D eigenvalue weighted by Crippen LogP contribution is -2.71. The number of carbonyl (C=O) groups is 3. The highest BCUT2D eigenvalue weighted by Gasteiger charge is 2.54. The van der Waals surface area contributed by atoms with Crippen molar-refractivity contribution in [3.05, 3.63) is 22.3 Å². The Bertz CT molecular complexity index is 915. The fourth-order valence-corrected chi connectivity index (χ4v) is 4.39. The van der Waals surface area contributed by atoms with Crippen LogP contribution in [0.25, 0.3) is 0 Å². The summed E-state index contributed by atoms with van der Waals surface area (Å²) in [5.41, 5.74) is 5.10. The van der Waals surface area contributed by atoms with Gasteiger partial charge in [-0.05, 0) is 0 Å². The van der Waals surface area contributed by atoms with Crippen molar-refractivity contribution in [2.75, 3.05) is 11.5 Å². The molecule has 0 spiro atoms. The first kappa shape index (κ1) is 17.8. The second kappa shape index (κ2) is 6.70. The van der Waals surface area contributed by atoms with Crippen molar-refractivity contribution in [3.63, 3.8) is 0 Å². The minimum Gasteiger partial charge on any atom is -0.477 e. The van der Waals surface area contributed by atoms with E-state index in [1.165, 1.54) is 17.1 Å². The number of carbonyl (C=O) groups excluding carboxylic acids is 2. The summed E-state index contributed by atoms with van der Waals surface area (Å²) in [6, 6.07) is -0.978. The van der Waals surface area contributed by atoms with Crippen LogP contribution in [0.4, 0.5) is 5.13 Å². The van der Waals surface area contributed by atoms with Crippen LogP contribution in [0.1, 0.15) is 5.69 Å². The van der Waals surface area contributed by atoms with Crippen molar-refractivity contribution < 1.29 is 24.7 Å². The number of aliphatic carboxylic acids is 1. The summed E-state index contributed by atoms with van der Waals surface area (Å²) >= 11 is 2.29. The first-order valence-electron chi connectivity index (χ1n) is 7.01. The number of amides is 2. The molecule has 1 saturated heterocycles. The van der Waals surface area contributed by atoms with Gasteiger partial charge in [0.25, 0.3) is 11.8 Å². The molecule has 0 aromatic carbocycles. The highest BCUT2D eigenvalue weighted by atomic mass is 32.2. The normalized spacial score (nSPS) is 22.3. The van der Waals surface area contributed by atoms with Gasteiger partial charge in [0.05, 0.1) is 0 Å². The minimum atomic E-state index is -1.31. The van der Waals surface area contributed by atoms with Crippen molar-refractivity contribution in [2.24, 2.45) is 5.16 Å². The van der Waals surface area contributed by atoms with Gasteiger partial charge in [-0.2, -0.15) is 0 Å². The molecule has 2 atom stereocenters. The summed E-state index contributed by atoms with van der Waals surface area (Å²) in [7, 11) is 0. The predicted octanol–water partition coefficient (Wildman–Crippen LogP) is -0.725. The molecule has 2 amide bonds. The van der Waals surface area contributed by atoms with E-state index >= 15 is 0 Å². The van der Waals surface area contributed by atoms with Crippen LogP contribution < -0.4 is 11.1 Å². The number of hydrogen-bond acceptors (Lipinski definition) is 9. The number of nitrogens with two attached hydrogens (primary N) is 1. The van der Waals surface area contributed by atoms with Gasteiger partial charge >= 0.3 is 5.97 Å². The number of thioether (sulfide) groups is 1. The highest BCUT2D eigenvalue weighted by molar-refractivity contribution is 8.00. The van der Waals surface area contributed by atoms with Gasteiger partial charge in [0.1, 0.15) is 22.8 Å². The maximum Gasteiger partial charge on any atom is 0.353 e. The van der Waals surface area contributed by atoms with Crippen molar-refractivity contribution in [1.29, 1.82) is 0 Å². The number of β-lactam (4-membered cyclic amide) rings is 1. The number of nitrogen functional groups attached to an aromatic ring is 1. The van der Waals surface area contributed by atoms with E-state index in [1.54, 1.807) is 0 Å². The first-order chi connectivity index (χ1) is 12.4. The number of fused-ring (bicyclic) bond motifs is 1. The van der Waals surface area contributed by atoms with Gasteiger partial charge in [-0.15, -0.1) is 29.5 Å². The topological polar surface area (TPSA) is 158 Å². The van der Waals surface area contributed by atoms with Gasteiger partial charge in [-0.1, -0.05) is 11.1 Å².